The van der Waals surface area contributed by atoms with E-state index in [9.17, 15) is 0 Å². The van der Waals surface area contributed by atoms with E-state index in [1.54, 1.807) is 0 Å². The molecule has 0 spiro atoms. The Morgan fingerprint density at radius 3 is 1.00 bits per heavy atom. The Balaban J connectivity index is 0.000000121. The largest absolute Gasteiger partial charge is 0.0596 e. The van der Waals surface area contributed by atoms with Crippen molar-refractivity contribution in [2.24, 2.45) is 27.1 Å². The summed E-state index contributed by atoms with van der Waals surface area (Å²) in [6.45, 7) is 14.6. The second-order valence-electron chi connectivity index (χ2n) is 11.0. The van der Waals surface area contributed by atoms with Gasteiger partial charge in [0.15, 0.2) is 0 Å². The van der Waals surface area contributed by atoms with Crippen molar-refractivity contribution in [3.05, 3.63) is 0 Å². The van der Waals surface area contributed by atoms with Gasteiger partial charge in [-0.3, -0.25) is 0 Å². The van der Waals surface area contributed by atoms with E-state index in [0.29, 0.717) is 5.41 Å². The van der Waals surface area contributed by atoms with E-state index < -0.39 is 0 Å². The summed E-state index contributed by atoms with van der Waals surface area (Å²) in [6, 6.07) is 0. The number of hydrogen-bond donors (Lipinski definition) is 0. The third-order valence-electron chi connectivity index (χ3n) is 7.88. The lowest BCUT2D eigenvalue weighted by Crippen LogP contribution is -2.65. The van der Waals surface area contributed by atoms with Gasteiger partial charge in [-0.25, -0.2) is 0 Å². The molecule has 0 aromatic heterocycles. The van der Waals surface area contributed by atoms with Crippen molar-refractivity contribution >= 4 is 0 Å². The summed E-state index contributed by atoms with van der Waals surface area (Å²) in [5.74, 6) is 0. The normalized spacial score (nSPS) is 52.5. The lowest BCUT2D eigenvalue weighted by Gasteiger charge is -2.75. The summed E-state index contributed by atoms with van der Waals surface area (Å²) >= 11 is 0. The van der Waals surface area contributed by atoms with Crippen molar-refractivity contribution in [3.63, 3.8) is 0 Å². The second-order valence-corrected chi connectivity index (χ2v) is 11.0. The van der Waals surface area contributed by atoms with Gasteiger partial charge in [-0.1, -0.05) is 41.5 Å². The maximum Gasteiger partial charge on any atom is -0.0233 e. The van der Waals surface area contributed by atoms with Crippen LogP contribution in [0.25, 0.3) is 0 Å². The van der Waals surface area contributed by atoms with Crippen LogP contribution in [0.15, 0.2) is 0 Å². The van der Waals surface area contributed by atoms with Crippen molar-refractivity contribution in [1.29, 1.82) is 0 Å². The topological polar surface area (TPSA) is 0 Å². The van der Waals surface area contributed by atoms with Crippen LogP contribution in [0.5, 0.6) is 0 Å². The fourth-order valence-electron chi connectivity index (χ4n) is 5.65. The Bertz CT molecular complexity index is 332. The molecule has 0 nitrogen and oxygen atoms in total. The highest BCUT2D eigenvalue weighted by molar-refractivity contribution is 5.18. The molecule has 0 heterocycles. The molecule has 6 aliphatic rings. The summed E-state index contributed by atoms with van der Waals surface area (Å²) in [4.78, 5) is 0. The van der Waals surface area contributed by atoms with Crippen LogP contribution in [-0.2, 0) is 0 Å². The van der Waals surface area contributed by atoms with Crippen LogP contribution in [0.4, 0.5) is 0 Å². The van der Waals surface area contributed by atoms with Crippen LogP contribution >= 0.6 is 0 Å². The molecule has 6 saturated carbocycles. The quantitative estimate of drug-likeness (QED) is 0.468. The fourth-order valence-corrected chi connectivity index (χ4v) is 5.65. The Morgan fingerprint density at radius 2 is 0.850 bits per heavy atom. The predicted molar refractivity (Wildman–Crippen MR) is 87.8 cm³/mol. The van der Waals surface area contributed by atoms with Gasteiger partial charge >= 0.3 is 0 Å². The third kappa shape index (κ3) is 2.26. The highest BCUT2D eigenvalue weighted by Gasteiger charge is 2.68. The standard InChI is InChI=1S/2C10H18/c1-8(2,3)10-5-9(4,6-10)7-10;1-9-3-6-10(2,7-4-9)8-5-9/h5-7H2,1-4H3;3-8H2,1-2H3. The number of fused-ring (bicyclic) bond motifs is 3. The Labute approximate surface area is 127 Å². The zero-order valence-electron chi connectivity index (χ0n) is 14.9. The molecule has 0 unspecified atom stereocenters. The van der Waals surface area contributed by atoms with Gasteiger partial charge in [0.1, 0.15) is 0 Å². The van der Waals surface area contributed by atoms with E-state index in [1.807, 2.05) is 0 Å². The lowest BCUT2D eigenvalue weighted by molar-refractivity contribution is -0.248. The first-order chi connectivity index (χ1) is 8.99. The Hall–Kier alpha value is 0. The van der Waals surface area contributed by atoms with Gasteiger partial charge in [0.05, 0.1) is 0 Å². The molecule has 4 bridgehead atoms. The molecule has 6 rings (SSSR count). The van der Waals surface area contributed by atoms with Crippen LogP contribution < -0.4 is 0 Å². The first kappa shape index (κ1) is 14.9. The predicted octanol–water partition coefficient (Wildman–Crippen LogP) is 6.59. The van der Waals surface area contributed by atoms with Gasteiger partial charge in [0, 0.05) is 0 Å². The monoisotopic (exact) mass is 276 g/mol. The van der Waals surface area contributed by atoms with Gasteiger partial charge in [0.25, 0.3) is 0 Å². The maximum absolute atomic E-state index is 2.48. The van der Waals surface area contributed by atoms with E-state index in [4.69, 9.17) is 0 Å². The van der Waals surface area contributed by atoms with Crippen molar-refractivity contribution in [2.75, 3.05) is 0 Å². The summed E-state index contributed by atoms with van der Waals surface area (Å²) in [7, 11) is 0. The van der Waals surface area contributed by atoms with Gasteiger partial charge < -0.3 is 0 Å². The fraction of sp³-hybridized carbons (Fsp3) is 1.00. The molecule has 0 heteroatoms. The average molecular weight is 277 g/mol. The molecule has 0 saturated heterocycles. The summed E-state index contributed by atoms with van der Waals surface area (Å²) in [6.07, 6.45) is 13.5. The SMILES string of the molecule is CC12CC(C(C)(C)C)(C1)C2.CC12CCC(C)(CC1)CC2. The molecular formula is C20H36. The van der Waals surface area contributed by atoms with Gasteiger partial charge in [-0.2, -0.15) is 0 Å². The molecule has 0 amide bonds. The van der Waals surface area contributed by atoms with Gasteiger partial charge in [-0.05, 0) is 84.9 Å². The zero-order chi connectivity index (χ0) is 14.9. The number of hydrogen-bond acceptors (Lipinski definition) is 0. The van der Waals surface area contributed by atoms with E-state index in [1.165, 1.54) is 57.8 Å². The van der Waals surface area contributed by atoms with Crippen molar-refractivity contribution in [1.82, 2.24) is 0 Å². The number of rotatable bonds is 0. The zero-order valence-corrected chi connectivity index (χ0v) is 14.9. The van der Waals surface area contributed by atoms with E-state index in [0.717, 1.165) is 21.7 Å². The molecule has 0 aliphatic heterocycles. The van der Waals surface area contributed by atoms with Crippen molar-refractivity contribution in [3.8, 4) is 0 Å². The molecule has 0 aromatic rings. The smallest absolute Gasteiger partial charge is 0.0233 e. The first-order valence-electron chi connectivity index (χ1n) is 8.99. The Kier molecular flexibility index (Phi) is 3.02. The molecule has 0 radical (unpaired) electrons. The molecule has 0 N–H and O–H groups in total. The van der Waals surface area contributed by atoms with Crippen LogP contribution in [0, 0.1) is 27.1 Å². The van der Waals surface area contributed by atoms with Crippen LogP contribution in [0.3, 0.4) is 0 Å². The Morgan fingerprint density at radius 1 is 0.550 bits per heavy atom. The molecule has 0 atom stereocenters. The van der Waals surface area contributed by atoms with Crippen LogP contribution in [0.2, 0.25) is 0 Å². The third-order valence-corrected chi connectivity index (χ3v) is 7.88. The molecule has 116 valence electrons. The van der Waals surface area contributed by atoms with Gasteiger partial charge in [-0.15, -0.1) is 0 Å². The molecule has 20 heavy (non-hydrogen) atoms. The van der Waals surface area contributed by atoms with Crippen LogP contribution in [0.1, 0.15) is 99.3 Å². The second kappa shape index (κ2) is 4.05. The maximum atomic E-state index is 2.48. The van der Waals surface area contributed by atoms with E-state index >= 15 is 0 Å². The van der Waals surface area contributed by atoms with E-state index in [-0.39, 0.29) is 0 Å². The minimum absolute atomic E-state index is 0.574. The molecule has 0 aromatic carbocycles. The van der Waals surface area contributed by atoms with Crippen molar-refractivity contribution in [2.45, 2.75) is 99.3 Å². The highest BCUT2D eigenvalue weighted by atomic mass is 14.7. The molecule has 6 fully saturated rings. The molecule has 6 aliphatic carbocycles. The lowest BCUT2D eigenvalue weighted by atomic mass is 9.30. The average Bonchev–Trinajstić information content (AvgIpc) is 2.26. The summed E-state index contributed by atoms with van der Waals surface area (Å²) in [5.41, 5.74) is 3.65. The minimum atomic E-state index is 0.574. The van der Waals surface area contributed by atoms with E-state index in [2.05, 4.69) is 41.5 Å². The summed E-state index contributed by atoms with van der Waals surface area (Å²) in [5, 5.41) is 0. The van der Waals surface area contributed by atoms with Crippen molar-refractivity contribution < 1.29 is 0 Å². The minimum Gasteiger partial charge on any atom is -0.0596 e. The highest BCUT2D eigenvalue weighted by Crippen LogP contribution is 2.78. The van der Waals surface area contributed by atoms with Crippen LogP contribution in [-0.4, -0.2) is 0 Å². The first-order valence-corrected chi connectivity index (χ1v) is 8.99. The molecular weight excluding hydrogens is 240 g/mol. The summed E-state index contributed by atoms with van der Waals surface area (Å²) < 4.78 is 0. The van der Waals surface area contributed by atoms with Gasteiger partial charge in [0.2, 0.25) is 0 Å².